The van der Waals surface area contributed by atoms with Crippen molar-refractivity contribution in [3.8, 4) is 0 Å². The van der Waals surface area contributed by atoms with Crippen LogP contribution < -0.4 is 15.8 Å². The average molecular weight is 409 g/mol. The fraction of sp³-hybridized carbons (Fsp3) is 0.579. The van der Waals surface area contributed by atoms with Crippen LogP contribution in [0.25, 0.3) is 11.0 Å². The molecule has 1 N–H and O–H groups in total. The van der Waals surface area contributed by atoms with E-state index in [1.54, 1.807) is 6.07 Å². The van der Waals surface area contributed by atoms with Crippen molar-refractivity contribution in [2.75, 3.05) is 26.2 Å². The molecule has 1 aromatic carbocycles. The van der Waals surface area contributed by atoms with Gasteiger partial charge in [-0.05, 0) is 63.0 Å². The summed E-state index contributed by atoms with van der Waals surface area (Å²) in [7, 11) is -0.720. The summed E-state index contributed by atoms with van der Waals surface area (Å²) in [6, 6.07) is 4.45. The molecule has 0 amide bonds. The van der Waals surface area contributed by atoms with E-state index in [1.165, 1.54) is 48.2 Å². The van der Waals surface area contributed by atoms with Crippen molar-refractivity contribution in [1.29, 1.82) is 0 Å². The molecule has 1 aliphatic rings. The van der Waals surface area contributed by atoms with Gasteiger partial charge in [0.1, 0.15) is 0 Å². The van der Waals surface area contributed by atoms with Crippen molar-refractivity contribution in [3.63, 3.8) is 0 Å². The summed E-state index contributed by atoms with van der Waals surface area (Å²) in [5.74, 6) is 0.776. The number of nitrogens with one attached hydrogen (secondary N) is 1. The molecule has 8 nitrogen and oxygen atoms in total. The summed E-state index contributed by atoms with van der Waals surface area (Å²) in [5, 5.41) is 0. The Balaban J connectivity index is 1.70. The summed E-state index contributed by atoms with van der Waals surface area (Å²) in [5.41, 5.74) is -0.424. The molecule has 0 atom stereocenters. The van der Waals surface area contributed by atoms with Gasteiger partial charge >= 0.3 is 11.1 Å². The minimum Gasteiger partial charge on any atom is -0.305 e. The Kier molecular flexibility index (Phi) is 6.07. The van der Waals surface area contributed by atoms with Gasteiger partial charge in [0.25, 0.3) is 0 Å². The molecule has 0 radical (unpaired) electrons. The second-order valence-electron chi connectivity index (χ2n) is 7.65. The van der Waals surface area contributed by atoms with Crippen LogP contribution in [0, 0.1) is 5.92 Å². The van der Waals surface area contributed by atoms with Crippen molar-refractivity contribution >= 4 is 21.1 Å². The maximum absolute atomic E-state index is 12.6. The number of nitrogens with zero attached hydrogens (tertiary/aromatic N) is 3. The largest absolute Gasteiger partial charge is 0.316 e. The van der Waals surface area contributed by atoms with E-state index in [2.05, 4.69) is 16.5 Å². The Morgan fingerprint density at radius 1 is 1.04 bits per heavy atom. The molecule has 0 spiro atoms. The Bertz CT molecular complexity index is 1080. The van der Waals surface area contributed by atoms with Crippen molar-refractivity contribution in [3.05, 3.63) is 38.9 Å². The normalized spacial score (nSPS) is 16.7. The number of piperidine rings is 1. The highest BCUT2D eigenvalue weighted by Gasteiger charge is 2.18. The first-order valence-electron chi connectivity index (χ1n) is 9.62. The molecule has 28 heavy (non-hydrogen) atoms. The van der Waals surface area contributed by atoms with Gasteiger partial charge in [0, 0.05) is 20.6 Å². The lowest BCUT2D eigenvalue weighted by atomic mass is 9.99. The first-order valence-corrected chi connectivity index (χ1v) is 11.1. The number of hydrogen-bond donors (Lipinski definition) is 1. The highest BCUT2D eigenvalue weighted by Crippen LogP contribution is 2.17. The molecule has 2 aromatic rings. The topological polar surface area (TPSA) is 93.4 Å². The number of likely N-dealkylation sites (tertiary alicyclic amines) is 1. The quantitative estimate of drug-likeness (QED) is 0.559. The number of hydrogen-bond acceptors (Lipinski definition) is 5. The zero-order valence-corrected chi connectivity index (χ0v) is 17.5. The molecule has 154 valence electrons. The number of aryl methyl sites for hydroxylation is 2. The minimum atomic E-state index is -3.69. The van der Waals surface area contributed by atoms with E-state index in [1.807, 2.05) is 0 Å². The summed E-state index contributed by atoms with van der Waals surface area (Å²) >= 11 is 0. The fourth-order valence-corrected chi connectivity index (χ4v) is 4.70. The Labute approximate surface area is 164 Å². The van der Waals surface area contributed by atoms with Crippen LogP contribution in [0.15, 0.2) is 32.7 Å². The number of rotatable bonds is 6. The Morgan fingerprint density at radius 2 is 1.64 bits per heavy atom. The Hall–Kier alpha value is -1.97. The maximum Gasteiger partial charge on any atom is 0.316 e. The van der Waals surface area contributed by atoms with Crippen molar-refractivity contribution in [2.24, 2.45) is 20.0 Å². The highest BCUT2D eigenvalue weighted by atomic mass is 32.2. The molecule has 1 aromatic heterocycles. The lowest BCUT2D eigenvalue weighted by Gasteiger charge is -2.30. The van der Waals surface area contributed by atoms with E-state index in [9.17, 15) is 18.0 Å². The standard InChI is InChI=1S/C19H28N4O4S/c1-14-7-11-23(12-8-14)10-4-9-20-28(26,27)15-5-6-16-17(13-15)22(3)19(25)18(24)21(16)2/h5-6,13-14,20H,4,7-12H2,1-3H3. The van der Waals surface area contributed by atoms with Gasteiger partial charge in [-0.25, -0.2) is 13.1 Å². The number of fused-ring (bicyclic) bond motifs is 1. The van der Waals surface area contributed by atoms with E-state index < -0.39 is 21.1 Å². The van der Waals surface area contributed by atoms with Crippen LogP contribution in [0.4, 0.5) is 0 Å². The molecule has 1 fully saturated rings. The molecule has 2 heterocycles. The van der Waals surface area contributed by atoms with E-state index >= 15 is 0 Å². The van der Waals surface area contributed by atoms with Gasteiger partial charge in [0.15, 0.2) is 0 Å². The number of benzene rings is 1. The second-order valence-corrected chi connectivity index (χ2v) is 9.42. The SMILES string of the molecule is CC1CCN(CCCNS(=O)(=O)c2ccc3c(c2)n(C)c(=O)c(=O)n3C)CC1. The third-order valence-electron chi connectivity index (χ3n) is 5.59. The van der Waals surface area contributed by atoms with Gasteiger partial charge in [-0.15, -0.1) is 0 Å². The first kappa shape index (κ1) is 20.8. The summed E-state index contributed by atoms with van der Waals surface area (Å²) in [4.78, 5) is 26.4. The molecule has 3 rings (SSSR count). The van der Waals surface area contributed by atoms with Gasteiger partial charge in [-0.2, -0.15) is 0 Å². The lowest BCUT2D eigenvalue weighted by Crippen LogP contribution is -2.39. The maximum atomic E-state index is 12.6. The Morgan fingerprint density at radius 3 is 2.29 bits per heavy atom. The molecule has 0 unspecified atom stereocenters. The third kappa shape index (κ3) is 4.21. The molecule has 9 heteroatoms. The predicted octanol–water partition coefficient (Wildman–Crippen LogP) is 0.638. The van der Waals surface area contributed by atoms with E-state index in [4.69, 9.17) is 0 Å². The molecule has 1 saturated heterocycles. The number of aromatic nitrogens is 2. The van der Waals surface area contributed by atoms with Crippen LogP contribution in [0.2, 0.25) is 0 Å². The molecule has 0 bridgehead atoms. The van der Waals surface area contributed by atoms with Gasteiger partial charge < -0.3 is 14.0 Å². The van der Waals surface area contributed by atoms with Crippen LogP contribution in [0.5, 0.6) is 0 Å². The van der Waals surface area contributed by atoms with Gasteiger partial charge in [-0.3, -0.25) is 9.59 Å². The van der Waals surface area contributed by atoms with E-state index in [0.29, 0.717) is 17.6 Å². The van der Waals surface area contributed by atoms with Crippen LogP contribution in [-0.2, 0) is 24.1 Å². The number of sulfonamides is 1. The summed E-state index contributed by atoms with van der Waals surface area (Å²) < 4.78 is 30.3. The molecule has 1 aliphatic heterocycles. The first-order chi connectivity index (χ1) is 13.2. The second kappa shape index (κ2) is 8.18. The average Bonchev–Trinajstić information content (AvgIpc) is 2.69. The van der Waals surface area contributed by atoms with Gasteiger partial charge in [-0.1, -0.05) is 6.92 Å². The van der Waals surface area contributed by atoms with Crippen LogP contribution in [-0.4, -0.2) is 48.6 Å². The predicted molar refractivity (Wildman–Crippen MR) is 109 cm³/mol. The zero-order valence-electron chi connectivity index (χ0n) is 16.6. The highest BCUT2D eigenvalue weighted by molar-refractivity contribution is 7.89. The lowest BCUT2D eigenvalue weighted by molar-refractivity contribution is 0.191. The van der Waals surface area contributed by atoms with E-state index in [0.717, 1.165) is 32.0 Å². The van der Waals surface area contributed by atoms with Gasteiger partial charge in [0.05, 0.1) is 15.9 Å². The molecular weight excluding hydrogens is 380 g/mol. The zero-order chi connectivity index (χ0) is 20.5. The third-order valence-corrected chi connectivity index (χ3v) is 7.05. The van der Waals surface area contributed by atoms with Crippen LogP contribution in [0.1, 0.15) is 26.2 Å². The van der Waals surface area contributed by atoms with Gasteiger partial charge in [0.2, 0.25) is 10.0 Å². The van der Waals surface area contributed by atoms with Crippen molar-refractivity contribution < 1.29 is 8.42 Å². The van der Waals surface area contributed by atoms with Crippen molar-refractivity contribution in [2.45, 2.75) is 31.1 Å². The minimum absolute atomic E-state index is 0.0837. The van der Waals surface area contributed by atoms with E-state index in [-0.39, 0.29) is 4.90 Å². The van der Waals surface area contributed by atoms with Crippen LogP contribution in [0.3, 0.4) is 0 Å². The van der Waals surface area contributed by atoms with Crippen molar-refractivity contribution in [1.82, 2.24) is 18.8 Å². The summed E-state index contributed by atoms with van der Waals surface area (Å²) in [6.07, 6.45) is 3.14. The van der Waals surface area contributed by atoms with Crippen LogP contribution >= 0.6 is 0 Å². The molecular formula is C19H28N4O4S. The fourth-order valence-electron chi connectivity index (χ4n) is 3.61. The monoisotopic (exact) mass is 408 g/mol. The molecule has 0 saturated carbocycles. The molecule has 0 aliphatic carbocycles. The smallest absolute Gasteiger partial charge is 0.305 e. The summed E-state index contributed by atoms with van der Waals surface area (Å²) in [6.45, 7) is 5.65.